The van der Waals surface area contributed by atoms with Crippen LogP contribution in [0.4, 0.5) is 28.7 Å². The molecule has 1 aliphatic heterocycles. The molecular weight excluding hydrogens is 322 g/mol. The predicted octanol–water partition coefficient (Wildman–Crippen LogP) is 4.87. The summed E-state index contributed by atoms with van der Waals surface area (Å²) < 4.78 is 0. The highest BCUT2D eigenvalue weighted by Crippen LogP contribution is 2.24. The number of hydrogen-bond donors (Lipinski definition) is 2. The highest BCUT2D eigenvalue weighted by molar-refractivity contribution is 5.64. The van der Waals surface area contributed by atoms with Gasteiger partial charge in [-0.15, -0.1) is 0 Å². The number of nitrogens with zero attached hydrogens (tertiary/aromatic N) is 3. The number of aromatic nitrogens is 2. The van der Waals surface area contributed by atoms with E-state index in [0.29, 0.717) is 0 Å². The lowest BCUT2D eigenvalue weighted by Crippen LogP contribution is -2.17. The molecule has 1 aromatic heterocycles. The fourth-order valence-corrected chi connectivity index (χ4v) is 3.16. The Morgan fingerprint density at radius 1 is 0.769 bits per heavy atom. The molecule has 2 heterocycles. The van der Waals surface area contributed by atoms with E-state index in [0.717, 1.165) is 36.1 Å². The number of nitrogens with one attached hydrogen (secondary N) is 2. The van der Waals surface area contributed by atoms with Gasteiger partial charge in [0.2, 0.25) is 0 Å². The molecule has 0 amide bonds. The van der Waals surface area contributed by atoms with Gasteiger partial charge >= 0.3 is 0 Å². The van der Waals surface area contributed by atoms with Crippen LogP contribution >= 0.6 is 0 Å². The van der Waals surface area contributed by atoms with Crippen molar-refractivity contribution in [3.63, 3.8) is 0 Å². The first-order valence-electron chi connectivity index (χ1n) is 9.04. The molecule has 0 radical (unpaired) electrons. The number of anilines is 5. The molecule has 0 unspecified atom stereocenters. The maximum Gasteiger partial charge on any atom is 0.135 e. The molecule has 2 N–H and O–H groups in total. The van der Waals surface area contributed by atoms with Crippen molar-refractivity contribution in [2.24, 2.45) is 0 Å². The molecule has 2 aromatic carbocycles. The fourth-order valence-electron chi connectivity index (χ4n) is 3.16. The molecule has 1 aliphatic rings. The third-order valence-electron chi connectivity index (χ3n) is 4.60. The Bertz CT molecular complexity index is 852. The normalized spacial score (nSPS) is 13.7. The topological polar surface area (TPSA) is 53.1 Å². The Morgan fingerprint density at radius 2 is 1.31 bits per heavy atom. The first kappa shape index (κ1) is 16.4. The molecule has 4 rings (SSSR count). The van der Waals surface area contributed by atoms with Crippen molar-refractivity contribution < 1.29 is 0 Å². The summed E-state index contributed by atoms with van der Waals surface area (Å²) in [6.45, 7) is 4.39. The van der Waals surface area contributed by atoms with E-state index in [1.807, 2.05) is 18.2 Å². The van der Waals surface area contributed by atoms with Crippen LogP contribution in [0.1, 0.15) is 18.4 Å². The smallest absolute Gasteiger partial charge is 0.135 e. The quantitative estimate of drug-likeness (QED) is 0.691. The minimum absolute atomic E-state index is 0.764. The number of hydrogen-bond acceptors (Lipinski definition) is 5. The predicted molar refractivity (Wildman–Crippen MR) is 108 cm³/mol. The Labute approximate surface area is 154 Å². The van der Waals surface area contributed by atoms with Crippen molar-refractivity contribution in [2.75, 3.05) is 28.6 Å². The van der Waals surface area contributed by atoms with Crippen LogP contribution in [0.2, 0.25) is 0 Å². The van der Waals surface area contributed by atoms with Gasteiger partial charge in [0, 0.05) is 36.2 Å². The third-order valence-corrected chi connectivity index (χ3v) is 4.60. The summed E-state index contributed by atoms with van der Waals surface area (Å²) in [6.07, 6.45) is 4.15. The maximum absolute atomic E-state index is 4.32. The van der Waals surface area contributed by atoms with Crippen LogP contribution in [-0.2, 0) is 0 Å². The summed E-state index contributed by atoms with van der Waals surface area (Å²) in [5.74, 6) is 1.53. The molecule has 0 bridgehead atoms. The van der Waals surface area contributed by atoms with E-state index in [1.54, 1.807) is 6.33 Å². The van der Waals surface area contributed by atoms with Crippen LogP contribution in [0.25, 0.3) is 0 Å². The van der Waals surface area contributed by atoms with Gasteiger partial charge in [0.15, 0.2) is 0 Å². The summed E-state index contributed by atoms with van der Waals surface area (Å²) in [5, 5.41) is 6.65. The Morgan fingerprint density at radius 3 is 1.88 bits per heavy atom. The fraction of sp³-hybridized carbons (Fsp3) is 0.238. The second-order valence-electron chi connectivity index (χ2n) is 6.65. The summed E-state index contributed by atoms with van der Waals surface area (Å²) in [7, 11) is 0. The Balaban J connectivity index is 1.44. The lowest BCUT2D eigenvalue weighted by Gasteiger charge is -2.18. The van der Waals surface area contributed by atoms with Crippen molar-refractivity contribution in [2.45, 2.75) is 19.8 Å². The molecule has 0 atom stereocenters. The van der Waals surface area contributed by atoms with E-state index < -0.39 is 0 Å². The van der Waals surface area contributed by atoms with E-state index in [2.05, 4.69) is 68.8 Å². The Kier molecular flexibility index (Phi) is 4.69. The first-order valence-corrected chi connectivity index (χ1v) is 9.04. The average molecular weight is 345 g/mol. The number of benzene rings is 2. The van der Waals surface area contributed by atoms with E-state index in [1.165, 1.54) is 24.1 Å². The molecule has 5 nitrogen and oxygen atoms in total. The van der Waals surface area contributed by atoms with Crippen LogP contribution in [0.15, 0.2) is 60.9 Å². The van der Waals surface area contributed by atoms with Gasteiger partial charge in [-0.2, -0.15) is 0 Å². The first-order chi connectivity index (χ1) is 12.8. The summed E-state index contributed by atoms with van der Waals surface area (Å²) in [6, 6.07) is 18.7. The molecule has 26 heavy (non-hydrogen) atoms. The second kappa shape index (κ2) is 7.44. The highest BCUT2D eigenvalue weighted by Gasteiger charge is 2.11. The van der Waals surface area contributed by atoms with Crippen molar-refractivity contribution in [1.82, 2.24) is 9.97 Å². The molecule has 0 aliphatic carbocycles. The summed E-state index contributed by atoms with van der Waals surface area (Å²) in [4.78, 5) is 11.0. The van der Waals surface area contributed by atoms with Gasteiger partial charge in [-0.1, -0.05) is 17.7 Å². The van der Waals surface area contributed by atoms with Gasteiger partial charge in [0.1, 0.15) is 18.0 Å². The van der Waals surface area contributed by atoms with Gasteiger partial charge in [0.05, 0.1) is 0 Å². The van der Waals surface area contributed by atoms with Crippen molar-refractivity contribution >= 4 is 28.7 Å². The molecule has 132 valence electrons. The molecule has 5 heteroatoms. The molecule has 3 aromatic rings. The largest absolute Gasteiger partial charge is 0.372 e. The Hall–Kier alpha value is -3.08. The maximum atomic E-state index is 4.32. The minimum Gasteiger partial charge on any atom is -0.372 e. The van der Waals surface area contributed by atoms with Crippen LogP contribution in [0.3, 0.4) is 0 Å². The molecule has 1 saturated heterocycles. The van der Waals surface area contributed by atoms with Crippen LogP contribution < -0.4 is 15.5 Å². The monoisotopic (exact) mass is 345 g/mol. The second-order valence-corrected chi connectivity index (χ2v) is 6.65. The van der Waals surface area contributed by atoms with E-state index in [4.69, 9.17) is 0 Å². The lowest BCUT2D eigenvalue weighted by molar-refractivity contribution is 0.949. The average Bonchev–Trinajstić information content (AvgIpc) is 3.19. The zero-order chi connectivity index (χ0) is 17.8. The SMILES string of the molecule is Cc1ccc(Nc2cc(Nc3ccc(N4CCCC4)cc3)ncn2)cc1. The van der Waals surface area contributed by atoms with E-state index >= 15 is 0 Å². The van der Waals surface area contributed by atoms with Crippen molar-refractivity contribution in [3.8, 4) is 0 Å². The molecule has 0 saturated carbocycles. The molecular formula is C21H23N5. The van der Waals surface area contributed by atoms with E-state index in [-0.39, 0.29) is 0 Å². The summed E-state index contributed by atoms with van der Waals surface area (Å²) in [5.41, 5.74) is 4.55. The molecule has 1 fully saturated rings. The number of aryl methyl sites for hydroxylation is 1. The van der Waals surface area contributed by atoms with Gasteiger partial charge in [-0.05, 0) is 56.2 Å². The minimum atomic E-state index is 0.764. The summed E-state index contributed by atoms with van der Waals surface area (Å²) >= 11 is 0. The van der Waals surface area contributed by atoms with Crippen molar-refractivity contribution in [3.05, 3.63) is 66.5 Å². The van der Waals surface area contributed by atoms with Gasteiger partial charge in [-0.25, -0.2) is 9.97 Å². The lowest BCUT2D eigenvalue weighted by atomic mass is 10.2. The van der Waals surface area contributed by atoms with Gasteiger partial charge in [0.25, 0.3) is 0 Å². The van der Waals surface area contributed by atoms with Crippen LogP contribution in [-0.4, -0.2) is 23.1 Å². The highest BCUT2D eigenvalue weighted by atomic mass is 15.1. The van der Waals surface area contributed by atoms with Crippen LogP contribution in [0, 0.1) is 6.92 Å². The third kappa shape index (κ3) is 3.94. The number of rotatable bonds is 5. The van der Waals surface area contributed by atoms with Gasteiger partial charge in [-0.3, -0.25) is 0 Å². The molecule has 0 spiro atoms. The zero-order valence-electron chi connectivity index (χ0n) is 14.9. The van der Waals surface area contributed by atoms with Gasteiger partial charge < -0.3 is 15.5 Å². The standard InChI is InChI=1S/C21H23N5/c1-16-4-6-17(7-5-16)24-20-14-21(23-15-22-20)25-18-8-10-19(11-9-18)26-12-2-3-13-26/h4-11,14-15H,2-3,12-13H2,1H3,(H2,22,23,24,25). The zero-order valence-corrected chi connectivity index (χ0v) is 14.9. The van der Waals surface area contributed by atoms with Crippen molar-refractivity contribution in [1.29, 1.82) is 0 Å². The van der Waals surface area contributed by atoms with Crippen LogP contribution in [0.5, 0.6) is 0 Å². The van der Waals surface area contributed by atoms with E-state index in [9.17, 15) is 0 Å².